The number of benzene rings is 1. The van der Waals surface area contributed by atoms with Gasteiger partial charge >= 0.3 is 0 Å². The predicted octanol–water partition coefficient (Wildman–Crippen LogP) is 2.68. The van der Waals surface area contributed by atoms with Crippen molar-refractivity contribution in [3.8, 4) is 5.75 Å². The average molecular weight is 328 g/mol. The third-order valence-electron chi connectivity index (χ3n) is 3.15. The molecule has 1 aliphatic rings. The van der Waals surface area contributed by atoms with Crippen molar-refractivity contribution in [1.29, 1.82) is 0 Å². The van der Waals surface area contributed by atoms with Crippen molar-refractivity contribution in [2.45, 2.75) is 45.3 Å². The fourth-order valence-electron chi connectivity index (χ4n) is 2.25. The molecule has 1 atom stereocenters. The lowest BCUT2D eigenvalue weighted by atomic mass is 10.0. The minimum Gasteiger partial charge on any atom is -0.493 e. The second-order valence-corrected chi connectivity index (χ2v) is 7.06. The summed E-state index contributed by atoms with van der Waals surface area (Å²) in [5, 5.41) is 13.5. The van der Waals surface area contributed by atoms with Crippen LogP contribution in [-0.4, -0.2) is 29.9 Å². The van der Waals surface area contributed by atoms with Crippen LogP contribution >= 0.6 is 15.9 Å². The molecule has 1 aromatic rings. The number of aliphatic hydroxyl groups excluding tert-OH is 1. The highest BCUT2D eigenvalue weighted by molar-refractivity contribution is 9.10. The maximum absolute atomic E-state index is 10.2. The van der Waals surface area contributed by atoms with Crippen LogP contribution < -0.4 is 10.1 Å². The van der Waals surface area contributed by atoms with Gasteiger partial charge in [-0.3, -0.25) is 0 Å². The molecule has 0 aliphatic carbocycles. The standard InChI is InChI=1S/C15H22BrNO2/c1-15(2,3)17-9-13(18)8-11-7-12(16)6-10-4-5-19-14(10)11/h6-7,13,17-18H,4-5,8-9H2,1-3H3. The molecule has 0 bridgehead atoms. The minimum absolute atomic E-state index is 0.0245. The molecule has 1 heterocycles. The van der Waals surface area contributed by atoms with E-state index in [1.807, 2.05) is 6.07 Å². The van der Waals surface area contributed by atoms with Crippen molar-refractivity contribution in [3.05, 3.63) is 27.7 Å². The van der Waals surface area contributed by atoms with Crippen LogP contribution in [0.4, 0.5) is 0 Å². The van der Waals surface area contributed by atoms with Gasteiger partial charge in [0.05, 0.1) is 12.7 Å². The van der Waals surface area contributed by atoms with Crippen LogP contribution in [0, 0.1) is 0 Å². The van der Waals surface area contributed by atoms with Crippen LogP contribution in [0.1, 0.15) is 31.9 Å². The summed E-state index contributed by atoms with van der Waals surface area (Å²) in [7, 11) is 0. The van der Waals surface area contributed by atoms with Crippen LogP contribution in [-0.2, 0) is 12.8 Å². The molecule has 0 fully saturated rings. The normalized spacial score (nSPS) is 16.1. The van der Waals surface area contributed by atoms with Crippen LogP contribution in [0.3, 0.4) is 0 Å². The fourth-order valence-corrected chi connectivity index (χ4v) is 2.80. The third-order valence-corrected chi connectivity index (χ3v) is 3.61. The Morgan fingerprint density at radius 3 is 2.84 bits per heavy atom. The third kappa shape index (κ3) is 4.20. The van der Waals surface area contributed by atoms with E-state index in [9.17, 15) is 5.11 Å². The van der Waals surface area contributed by atoms with E-state index < -0.39 is 6.10 Å². The van der Waals surface area contributed by atoms with E-state index in [1.54, 1.807) is 0 Å². The van der Waals surface area contributed by atoms with Gasteiger partial charge < -0.3 is 15.2 Å². The molecular weight excluding hydrogens is 306 g/mol. The van der Waals surface area contributed by atoms with Crippen molar-refractivity contribution in [2.75, 3.05) is 13.2 Å². The van der Waals surface area contributed by atoms with Gasteiger partial charge in [0.15, 0.2) is 0 Å². The monoisotopic (exact) mass is 327 g/mol. The van der Waals surface area contributed by atoms with E-state index in [1.165, 1.54) is 5.56 Å². The highest BCUT2D eigenvalue weighted by Crippen LogP contribution is 2.33. The topological polar surface area (TPSA) is 41.5 Å². The quantitative estimate of drug-likeness (QED) is 0.893. The highest BCUT2D eigenvalue weighted by Gasteiger charge is 2.20. The molecule has 0 spiro atoms. The van der Waals surface area contributed by atoms with Crippen LogP contribution in [0.5, 0.6) is 5.75 Å². The fraction of sp³-hybridized carbons (Fsp3) is 0.600. The maximum atomic E-state index is 10.2. The van der Waals surface area contributed by atoms with Gasteiger partial charge in [0, 0.05) is 29.4 Å². The Labute approximate surface area is 123 Å². The second kappa shape index (κ2) is 5.81. The molecule has 19 heavy (non-hydrogen) atoms. The van der Waals surface area contributed by atoms with E-state index in [0.717, 1.165) is 28.8 Å². The first-order valence-electron chi connectivity index (χ1n) is 6.72. The van der Waals surface area contributed by atoms with Gasteiger partial charge in [-0.15, -0.1) is 0 Å². The zero-order chi connectivity index (χ0) is 14.0. The molecule has 0 radical (unpaired) electrons. The van der Waals surface area contributed by atoms with E-state index >= 15 is 0 Å². The van der Waals surface area contributed by atoms with Gasteiger partial charge in [0.2, 0.25) is 0 Å². The molecule has 0 saturated carbocycles. The molecule has 1 aliphatic heterocycles. The first-order valence-corrected chi connectivity index (χ1v) is 7.51. The van der Waals surface area contributed by atoms with Gasteiger partial charge in [-0.1, -0.05) is 15.9 Å². The Hall–Kier alpha value is -0.580. The zero-order valence-corrected chi connectivity index (χ0v) is 13.4. The smallest absolute Gasteiger partial charge is 0.125 e. The largest absolute Gasteiger partial charge is 0.493 e. The summed E-state index contributed by atoms with van der Waals surface area (Å²) >= 11 is 3.52. The molecule has 4 heteroatoms. The number of halogens is 1. The summed E-state index contributed by atoms with van der Waals surface area (Å²) in [5.41, 5.74) is 2.35. The number of β-amino-alcohol motifs (C(OH)–C–C–N with tert-alkyl or cyclic N) is 1. The van der Waals surface area contributed by atoms with Crippen molar-refractivity contribution in [2.24, 2.45) is 0 Å². The average Bonchev–Trinajstić information content (AvgIpc) is 2.73. The number of hydrogen-bond acceptors (Lipinski definition) is 3. The Bertz CT molecular complexity index is 454. The lowest BCUT2D eigenvalue weighted by Crippen LogP contribution is -2.41. The zero-order valence-electron chi connectivity index (χ0n) is 11.8. The Morgan fingerprint density at radius 1 is 1.42 bits per heavy atom. The SMILES string of the molecule is CC(C)(C)NCC(O)Cc1cc(Br)cc2c1OCC2. The molecule has 106 valence electrons. The van der Waals surface area contributed by atoms with Gasteiger partial charge in [0.25, 0.3) is 0 Å². The first-order chi connectivity index (χ1) is 8.85. The van der Waals surface area contributed by atoms with Gasteiger partial charge in [-0.2, -0.15) is 0 Å². The number of ether oxygens (including phenoxy) is 1. The van der Waals surface area contributed by atoms with Gasteiger partial charge in [0.1, 0.15) is 5.75 Å². The summed E-state index contributed by atoms with van der Waals surface area (Å²) < 4.78 is 6.74. The molecule has 2 rings (SSSR count). The highest BCUT2D eigenvalue weighted by atomic mass is 79.9. The van der Waals surface area contributed by atoms with Crippen LogP contribution in [0.25, 0.3) is 0 Å². The Balaban J connectivity index is 2.03. The van der Waals surface area contributed by atoms with E-state index in [-0.39, 0.29) is 5.54 Å². The van der Waals surface area contributed by atoms with Crippen LogP contribution in [0.2, 0.25) is 0 Å². The summed E-state index contributed by atoms with van der Waals surface area (Å²) in [6.45, 7) is 7.62. The second-order valence-electron chi connectivity index (χ2n) is 6.14. The summed E-state index contributed by atoms with van der Waals surface area (Å²) in [5.74, 6) is 0.970. The molecule has 2 N–H and O–H groups in total. The molecular formula is C15H22BrNO2. The predicted molar refractivity (Wildman–Crippen MR) is 80.8 cm³/mol. The number of hydrogen-bond donors (Lipinski definition) is 2. The van der Waals surface area contributed by atoms with Gasteiger partial charge in [-0.25, -0.2) is 0 Å². The van der Waals surface area contributed by atoms with Crippen molar-refractivity contribution in [3.63, 3.8) is 0 Å². The van der Waals surface area contributed by atoms with Crippen molar-refractivity contribution in [1.82, 2.24) is 5.32 Å². The van der Waals surface area contributed by atoms with E-state index in [2.05, 4.69) is 48.1 Å². The number of nitrogens with one attached hydrogen (secondary N) is 1. The van der Waals surface area contributed by atoms with E-state index in [0.29, 0.717) is 13.0 Å². The lowest BCUT2D eigenvalue weighted by molar-refractivity contribution is 0.160. The lowest BCUT2D eigenvalue weighted by Gasteiger charge is -2.23. The van der Waals surface area contributed by atoms with Crippen molar-refractivity contribution >= 4 is 15.9 Å². The molecule has 1 unspecified atom stereocenters. The molecule has 3 nitrogen and oxygen atoms in total. The Morgan fingerprint density at radius 2 is 2.16 bits per heavy atom. The molecule has 1 aromatic carbocycles. The van der Waals surface area contributed by atoms with E-state index in [4.69, 9.17) is 4.74 Å². The molecule has 0 amide bonds. The number of aliphatic hydroxyl groups is 1. The van der Waals surface area contributed by atoms with Crippen molar-refractivity contribution < 1.29 is 9.84 Å². The van der Waals surface area contributed by atoms with Gasteiger partial charge in [-0.05, 0) is 44.0 Å². The summed E-state index contributed by atoms with van der Waals surface area (Å²) in [4.78, 5) is 0. The summed E-state index contributed by atoms with van der Waals surface area (Å²) in [6, 6.07) is 4.15. The molecule has 0 saturated heterocycles. The minimum atomic E-state index is -0.401. The number of rotatable bonds is 4. The number of fused-ring (bicyclic) bond motifs is 1. The summed E-state index contributed by atoms with van der Waals surface area (Å²) in [6.07, 6.45) is 1.17. The maximum Gasteiger partial charge on any atom is 0.125 e. The first kappa shape index (κ1) is 14.8. The Kier molecular flexibility index (Phi) is 4.54. The molecule has 0 aromatic heterocycles. The van der Waals surface area contributed by atoms with Crippen LogP contribution in [0.15, 0.2) is 16.6 Å².